The number of aromatic nitrogens is 1. The van der Waals surface area contributed by atoms with E-state index in [-0.39, 0.29) is 11.3 Å². The van der Waals surface area contributed by atoms with E-state index in [0.29, 0.717) is 22.3 Å². The molecule has 1 heterocycles. The van der Waals surface area contributed by atoms with Gasteiger partial charge in [-0.3, -0.25) is 20.2 Å². The van der Waals surface area contributed by atoms with Crippen LogP contribution in [0.1, 0.15) is 28.6 Å². The smallest absolute Gasteiger partial charge is 0.270 e. The van der Waals surface area contributed by atoms with Crippen molar-refractivity contribution in [3.05, 3.63) is 63.0 Å². The van der Waals surface area contributed by atoms with Crippen LogP contribution in [-0.4, -0.2) is 30.0 Å². The molecule has 0 fully saturated rings. The van der Waals surface area contributed by atoms with Gasteiger partial charge in [-0.05, 0) is 30.7 Å². The Hall–Kier alpha value is -3.46. The average Bonchev–Trinajstić information content (AvgIpc) is 3.15. The van der Waals surface area contributed by atoms with E-state index in [1.807, 2.05) is 12.1 Å². The Bertz CT molecular complexity index is 1080. The number of ether oxygens (including phenoxy) is 2. The van der Waals surface area contributed by atoms with Gasteiger partial charge >= 0.3 is 0 Å². The van der Waals surface area contributed by atoms with E-state index in [1.165, 1.54) is 35.6 Å². The molecule has 0 spiro atoms. The minimum absolute atomic E-state index is 0.143. The van der Waals surface area contributed by atoms with Crippen molar-refractivity contribution in [1.82, 2.24) is 4.98 Å². The summed E-state index contributed by atoms with van der Waals surface area (Å²) in [5.74, 6) is 0.859. The second-order valence-corrected chi connectivity index (χ2v) is 7.45. The Morgan fingerprint density at radius 1 is 1.20 bits per heavy atom. The second-order valence-electron chi connectivity index (χ2n) is 6.37. The summed E-state index contributed by atoms with van der Waals surface area (Å²) in [6.07, 6.45) is 1.68. The number of benzene rings is 2. The van der Waals surface area contributed by atoms with E-state index in [2.05, 4.69) is 17.2 Å². The molecule has 0 saturated carbocycles. The molecular weight excluding hydrogens is 406 g/mol. The number of methoxy groups -OCH3 is 2. The SMILES string of the molecule is CCCc1sc(NC(=O)c2cccc([N+](=O)[O-])c2)nc1-c1cc(OC)ccc1OC. The molecule has 1 N–H and O–H groups in total. The predicted molar refractivity (Wildman–Crippen MR) is 116 cm³/mol. The zero-order valence-electron chi connectivity index (χ0n) is 16.8. The number of thiazole rings is 1. The van der Waals surface area contributed by atoms with Gasteiger partial charge in [-0.25, -0.2) is 4.98 Å². The summed E-state index contributed by atoms with van der Waals surface area (Å²) < 4.78 is 10.8. The van der Waals surface area contributed by atoms with Gasteiger partial charge in [0, 0.05) is 28.1 Å². The van der Waals surface area contributed by atoms with E-state index < -0.39 is 10.8 Å². The van der Waals surface area contributed by atoms with Crippen LogP contribution in [0, 0.1) is 10.1 Å². The van der Waals surface area contributed by atoms with Gasteiger partial charge in [0.25, 0.3) is 11.6 Å². The van der Waals surface area contributed by atoms with E-state index >= 15 is 0 Å². The first-order valence-electron chi connectivity index (χ1n) is 9.24. The Morgan fingerprint density at radius 2 is 2.00 bits per heavy atom. The number of carbonyl (C=O) groups excluding carboxylic acids is 1. The van der Waals surface area contributed by atoms with Gasteiger partial charge in [-0.1, -0.05) is 19.4 Å². The highest BCUT2D eigenvalue weighted by molar-refractivity contribution is 7.16. The van der Waals surface area contributed by atoms with E-state index in [1.54, 1.807) is 20.3 Å². The fraction of sp³-hybridized carbons (Fsp3) is 0.238. The monoisotopic (exact) mass is 427 g/mol. The first-order chi connectivity index (χ1) is 14.5. The number of nitrogens with zero attached hydrogens (tertiary/aromatic N) is 2. The summed E-state index contributed by atoms with van der Waals surface area (Å²) in [4.78, 5) is 28.7. The topological polar surface area (TPSA) is 104 Å². The molecule has 30 heavy (non-hydrogen) atoms. The van der Waals surface area contributed by atoms with E-state index in [4.69, 9.17) is 9.47 Å². The molecule has 0 unspecified atom stereocenters. The summed E-state index contributed by atoms with van der Waals surface area (Å²) in [6, 6.07) is 11.0. The Balaban J connectivity index is 1.96. The van der Waals surface area contributed by atoms with Crippen molar-refractivity contribution < 1.29 is 19.2 Å². The first-order valence-corrected chi connectivity index (χ1v) is 10.1. The molecule has 0 radical (unpaired) electrons. The average molecular weight is 427 g/mol. The number of rotatable bonds is 8. The van der Waals surface area contributed by atoms with Gasteiger partial charge in [0.15, 0.2) is 5.13 Å². The van der Waals surface area contributed by atoms with Crippen LogP contribution in [0.15, 0.2) is 42.5 Å². The van der Waals surface area contributed by atoms with Crippen LogP contribution in [0.25, 0.3) is 11.3 Å². The van der Waals surface area contributed by atoms with Gasteiger partial charge in [0.2, 0.25) is 0 Å². The Kier molecular flexibility index (Phi) is 6.63. The van der Waals surface area contributed by atoms with Crippen LogP contribution in [0.5, 0.6) is 11.5 Å². The van der Waals surface area contributed by atoms with Crippen LogP contribution in [0.3, 0.4) is 0 Å². The van der Waals surface area contributed by atoms with Crippen molar-refractivity contribution in [3.63, 3.8) is 0 Å². The van der Waals surface area contributed by atoms with Crippen LogP contribution in [0.2, 0.25) is 0 Å². The number of aryl methyl sites for hydroxylation is 1. The molecule has 0 atom stereocenters. The second kappa shape index (κ2) is 9.36. The molecule has 0 aliphatic carbocycles. The molecule has 3 rings (SSSR count). The van der Waals surface area contributed by atoms with Crippen LogP contribution >= 0.6 is 11.3 Å². The fourth-order valence-corrected chi connectivity index (χ4v) is 4.01. The molecule has 156 valence electrons. The van der Waals surface area contributed by atoms with Gasteiger partial charge in [0.1, 0.15) is 11.5 Å². The third-order valence-corrected chi connectivity index (χ3v) is 5.41. The largest absolute Gasteiger partial charge is 0.497 e. The van der Waals surface area contributed by atoms with Crippen LogP contribution < -0.4 is 14.8 Å². The minimum Gasteiger partial charge on any atom is -0.497 e. The van der Waals surface area contributed by atoms with E-state index in [0.717, 1.165) is 23.3 Å². The highest BCUT2D eigenvalue weighted by Gasteiger charge is 2.19. The Labute approximate surface area is 177 Å². The first kappa shape index (κ1) is 21.3. The molecule has 0 aliphatic heterocycles. The van der Waals surface area contributed by atoms with Crippen LogP contribution in [-0.2, 0) is 6.42 Å². The lowest BCUT2D eigenvalue weighted by Gasteiger charge is -2.10. The fourth-order valence-electron chi connectivity index (χ4n) is 2.94. The lowest BCUT2D eigenvalue weighted by atomic mass is 10.1. The summed E-state index contributed by atoms with van der Waals surface area (Å²) in [5.41, 5.74) is 1.53. The number of nitrogens with one attached hydrogen (secondary N) is 1. The molecule has 1 amide bonds. The third kappa shape index (κ3) is 4.57. The van der Waals surface area contributed by atoms with Crippen molar-refractivity contribution in [2.75, 3.05) is 19.5 Å². The maximum Gasteiger partial charge on any atom is 0.270 e. The number of hydrogen-bond donors (Lipinski definition) is 1. The zero-order valence-corrected chi connectivity index (χ0v) is 17.6. The van der Waals surface area contributed by atoms with Crippen molar-refractivity contribution in [3.8, 4) is 22.8 Å². The molecule has 9 heteroatoms. The highest BCUT2D eigenvalue weighted by Crippen LogP contribution is 2.39. The van der Waals surface area contributed by atoms with Crippen molar-refractivity contribution >= 4 is 28.1 Å². The molecule has 3 aromatic rings. The molecular formula is C21H21N3O5S. The standard InChI is InChI=1S/C21H21N3O5S/c1-4-6-18-19(16-12-15(28-2)9-10-17(16)29-3)22-21(30-18)23-20(25)13-7-5-8-14(11-13)24(26)27/h5,7-12H,4,6H2,1-3H3,(H,22,23,25). The quantitative estimate of drug-likeness (QED) is 0.403. The lowest BCUT2D eigenvalue weighted by molar-refractivity contribution is -0.384. The van der Waals surface area contributed by atoms with Crippen molar-refractivity contribution in [2.45, 2.75) is 19.8 Å². The molecule has 2 aromatic carbocycles. The number of carbonyl (C=O) groups is 1. The molecule has 0 saturated heterocycles. The maximum atomic E-state index is 12.6. The summed E-state index contributed by atoms with van der Waals surface area (Å²) in [7, 11) is 3.17. The van der Waals surface area contributed by atoms with E-state index in [9.17, 15) is 14.9 Å². The number of hydrogen-bond acceptors (Lipinski definition) is 7. The van der Waals surface area contributed by atoms with Crippen molar-refractivity contribution in [1.29, 1.82) is 0 Å². The van der Waals surface area contributed by atoms with Gasteiger partial charge in [-0.2, -0.15) is 0 Å². The molecule has 8 nitrogen and oxygen atoms in total. The zero-order chi connectivity index (χ0) is 21.7. The van der Waals surface area contributed by atoms with Gasteiger partial charge in [-0.15, -0.1) is 11.3 Å². The lowest BCUT2D eigenvalue weighted by Crippen LogP contribution is -2.11. The van der Waals surface area contributed by atoms with Gasteiger partial charge < -0.3 is 9.47 Å². The normalized spacial score (nSPS) is 10.5. The molecule has 0 aliphatic rings. The highest BCUT2D eigenvalue weighted by atomic mass is 32.1. The molecule has 1 aromatic heterocycles. The molecule has 0 bridgehead atoms. The number of anilines is 1. The summed E-state index contributed by atoms with van der Waals surface area (Å²) >= 11 is 1.37. The number of non-ortho nitro benzene ring substituents is 1. The predicted octanol–water partition coefficient (Wildman–Crippen LogP) is 4.94. The number of nitro benzene ring substituents is 1. The maximum absolute atomic E-state index is 12.6. The number of nitro groups is 1. The van der Waals surface area contributed by atoms with Crippen LogP contribution in [0.4, 0.5) is 10.8 Å². The minimum atomic E-state index is -0.535. The summed E-state index contributed by atoms with van der Waals surface area (Å²) in [6.45, 7) is 2.06. The van der Waals surface area contributed by atoms with Crippen molar-refractivity contribution in [2.24, 2.45) is 0 Å². The number of amides is 1. The van der Waals surface area contributed by atoms with Gasteiger partial charge in [0.05, 0.1) is 24.8 Å². The Morgan fingerprint density at radius 3 is 2.67 bits per heavy atom. The third-order valence-electron chi connectivity index (χ3n) is 4.38. The summed E-state index contributed by atoms with van der Waals surface area (Å²) in [5, 5.41) is 14.1.